The van der Waals surface area contributed by atoms with Crippen molar-refractivity contribution in [3.63, 3.8) is 0 Å². The number of likely N-dealkylation sites (N-methyl/N-ethyl adjacent to an activating group) is 2. The Kier molecular flexibility index (Phi) is 4.70. The zero-order chi connectivity index (χ0) is 9.68. The van der Waals surface area contributed by atoms with Crippen molar-refractivity contribution in [1.29, 1.82) is 0 Å². The van der Waals surface area contributed by atoms with Crippen LogP contribution in [0.3, 0.4) is 0 Å². The third-order valence-corrected chi connectivity index (χ3v) is 2.80. The molecule has 0 amide bonds. The molecule has 0 aromatic rings. The molecule has 2 atom stereocenters. The summed E-state index contributed by atoms with van der Waals surface area (Å²) < 4.78 is 5.52. The molecule has 1 aliphatic heterocycles. The SMILES string of the molecule is CNCCN(C)C1CCOC(C)C1. The van der Waals surface area contributed by atoms with Crippen LogP contribution < -0.4 is 5.32 Å². The van der Waals surface area contributed by atoms with Crippen molar-refractivity contribution in [1.82, 2.24) is 10.2 Å². The molecule has 1 saturated heterocycles. The molecule has 3 heteroatoms. The van der Waals surface area contributed by atoms with Gasteiger partial charge in [-0.15, -0.1) is 0 Å². The molecule has 1 aliphatic rings. The maximum absolute atomic E-state index is 5.52. The zero-order valence-electron chi connectivity index (χ0n) is 9.05. The maximum Gasteiger partial charge on any atom is 0.0561 e. The Hall–Kier alpha value is -0.120. The second kappa shape index (κ2) is 5.58. The minimum Gasteiger partial charge on any atom is -0.378 e. The van der Waals surface area contributed by atoms with Crippen LogP contribution in [0.4, 0.5) is 0 Å². The van der Waals surface area contributed by atoms with Crippen LogP contribution >= 0.6 is 0 Å². The molecule has 1 heterocycles. The number of ether oxygens (including phenoxy) is 1. The van der Waals surface area contributed by atoms with Gasteiger partial charge in [-0.2, -0.15) is 0 Å². The van der Waals surface area contributed by atoms with Crippen LogP contribution in [0.15, 0.2) is 0 Å². The van der Waals surface area contributed by atoms with Crippen molar-refractivity contribution in [3.8, 4) is 0 Å². The molecule has 1 fully saturated rings. The summed E-state index contributed by atoms with van der Waals surface area (Å²) in [7, 11) is 4.21. The Morgan fingerprint density at radius 2 is 2.31 bits per heavy atom. The summed E-state index contributed by atoms with van der Waals surface area (Å²) in [4.78, 5) is 2.44. The van der Waals surface area contributed by atoms with Gasteiger partial charge >= 0.3 is 0 Å². The van der Waals surface area contributed by atoms with E-state index in [1.807, 2.05) is 7.05 Å². The summed E-state index contributed by atoms with van der Waals surface area (Å²) >= 11 is 0. The van der Waals surface area contributed by atoms with Gasteiger partial charge in [0.25, 0.3) is 0 Å². The Bertz CT molecular complexity index is 141. The summed E-state index contributed by atoms with van der Waals surface area (Å²) in [6, 6.07) is 0.720. The minimum absolute atomic E-state index is 0.441. The molecule has 2 unspecified atom stereocenters. The van der Waals surface area contributed by atoms with E-state index in [0.717, 1.165) is 25.7 Å². The third kappa shape index (κ3) is 3.63. The normalized spacial score (nSPS) is 29.5. The highest BCUT2D eigenvalue weighted by Gasteiger charge is 2.22. The number of nitrogens with one attached hydrogen (secondary N) is 1. The molecule has 3 nitrogen and oxygen atoms in total. The monoisotopic (exact) mass is 186 g/mol. The van der Waals surface area contributed by atoms with Gasteiger partial charge in [-0.1, -0.05) is 0 Å². The first-order chi connectivity index (χ1) is 6.24. The molecule has 0 aromatic carbocycles. The van der Waals surface area contributed by atoms with Gasteiger partial charge in [0.2, 0.25) is 0 Å². The van der Waals surface area contributed by atoms with E-state index in [1.54, 1.807) is 0 Å². The average molecular weight is 186 g/mol. The third-order valence-electron chi connectivity index (χ3n) is 2.80. The van der Waals surface area contributed by atoms with Gasteiger partial charge in [0.05, 0.1) is 6.10 Å². The summed E-state index contributed by atoms with van der Waals surface area (Å²) in [6.07, 6.45) is 2.81. The molecule has 0 spiro atoms. The Labute approximate surface area is 81.4 Å². The topological polar surface area (TPSA) is 24.5 Å². The van der Waals surface area contributed by atoms with Crippen LogP contribution in [0.1, 0.15) is 19.8 Å². The molecular weight excluding hydrogens is 164 g/mol. The summed E-state index contributed by atoms with van der Waals surface area (Å²) in [6.45, 7) is 5.30. The lowest BCUT2D eigenvalue weighted by atomic mass is 10.0. The van der Waals surface area contributed by atoms with Crippen LogP contribution in [0.2, 0.25) is 0 Å². The standard InChI is InChI=1S/C10H22N2O/c1-9-8-10(4-7-13-9)12(3)6-5-11-2/h9-11H,4-8H2,1-3H3. The van der Waals surface area contributed by atoms with E-state index in [1.165, 1.54) is 12.8 Å². The molecular formula is C10H22N2O. The minimum atomic E-state index is 0.441. The highest BCUT2D eigenvalue weighted by Crippen LogP contribution is 2.17. The fraction of sp³-hybridized carbons (Fsp3) is 1.00. The van der Waals surface area contributed by atoms with Crippen LogP contribution in [0.5, 0.6) is 0 Å². The molecule has 0 bridgehead atoms. The Morgan fingerprint density at radius 3 is 2.92 bits per heavy atom. The van der Waals surface area contributed by atoms with Crippen molar-refractivity contribution in [2.45, 2.75) is 31.9 Å². The van der Waals surface area contributed by atoms with E-state index in [4.69, 9.17) is 4.74 Å². The quantitative estimate of drug-likeness (QED) is 0.699. The lowest BCUT2D eigenvalue weighted by Crippen LogP contribution is -2.41. The van der Waals surface area contributed by atoms with E-state index in [-0.39, 0.29) is 0 Å². The fourth-order valence-corrected chi connectivity index (χ4v) is 1.85. The number of rotatable bonds is 4. The van der Waals surface area contributed by atoms with Crippen molar-refractivity contribution in [2.24, 2.45) is 0 Å². The van der Waals surface area contributed by atoms with E-state index in [9.17, 15) is 0 Å². The molecule has 13 heavy (non-hydrogen) atoms. The van der Waals surface area contributed by atoms with Gasteiger partial charge in [-0.3, -0.25) is 0 Å². The second-order valence-electron chi connectivity index (χ2n) is 3.94. The summed E-state index contributed by atoms with van der Waals surface area (Å²) in [5.41, 5.74) is 0. The van der Waals surface area contributed by atoms with Crippen LogP contribution in [0.25, 0.3) is 0 Å². The molecule has 0 aromatic heterocycles. The van der Waals surface area contributed by atoms with Gasteiger partial charge in [0.1, 0.15) is 0 Å². The van der Waals surface area contributed by atoms with Crippen molar-refractivity contribution >= 4 is 0 Å². The number of hydrogen-bond acceptors (Lipinski definition) is 3. The predicted octanol–water partition coefficient (Wildman–Crippen LogP) is 0.705. The molecule has 0 saturated carbocycles. The van der Waals surface area contributed by atoms with E-state index < -0.39 is 0 Å². The van der Waals surface area contributed by atoms with Gasteiger partial charge < -0.3 is 15.0 Å². The average Bonchev–Trinajstić information content (AvgIpc) is 2.14. The zero-order valence-corrected chi connectivity index (χ0v) is 9.05. The first-order valence-electron chi connectivity index (χ1n) is 5.20. The Balaban J connectivity index is 2.24. The van der Waals surface area contributed by atoms with E-state index >= 15 is 0 Å². The van der Waals surface area contributed by atoms with Gasteiger partial charge in [0, 0.05) is 25.7 Å². The van der Waals surface area contributed by atoms with Crippen molar-refractivity contribution in [2.75, 3.05) is 33.8 Å². The molecule has 1 rings (SSSR count). The predicted molar refractivity (Wildman–Crippen MR) is 55.0 cm³/mol. The highest BCUT2D eigenvalue weighted by molar-refractivity contribution is 4.75. The molecule has 1 N–H and O–H groups in total. The van der Waals surface area contributed by atoms with Crippen molar-refractivity contribution in [3.05, 3.63) is 0 Å². The summed E-state index contributed by atoms with van der Waals surface area (Å²) in [5.74, 6) is 0. The lowest BCUT2D eigenvalue weighted by molar-refractivity contribution is -0.0113. The number of nitrogens with zero attached hydrogens (tertiary/aromatic N) is 1. The van der Waals surface area contributed by atoms with E-state index in [0.29, 0.717) is 6.10 Å². The van der Waals surface area contributed by atoms with Gasteiger partial charge in [0.15, 0.2) is 0 Å². The Morgan fingerprint density at radius 1 is 1.54 bits per heavy atom. The molecule has 0 aliphatic carbocycles. The van der Waals surface area contributed by atoms with Gasteiger partial charge in [-0.25, -0.2) is 0 Å². The first-order valence-corrected chi connectivity index (χ1v) is 5.20. The smallest absolute Gasteiger partial charge is 0.0561 e. The highest BCUT2D eigenvalue weighted by atomic mass is 16.5. The van der Waals surface area contributed by atoms with Crippen LogP contribution in [-0.4, -0.2) is 50.8 Å². The molecule has 78 valence electrons. The van der Waals surface area contributed by atoms with Crippen LogP contribution in [0, 0.1) is 0 Å². The van der Waals surface area contributed by atoms with Crippen molar-refractivity contribution < 1.29 is 4.74 Å². The molecule has 0 radical (unpaired) electrons. The summed E-state index contributed by atoms with van der Waals surface area (Å²) in [5, 5.41) is 3.18. The first kappa shape index (κ1) is 11.0. The maximum atomic E-state index is 5.52. The lowest BCUT2D eigenvalue weighted by Gasteiger charge is -2.34. The number of hydrogen-bond donors (Lipinski definition) is 1. The van der Waals surface area contributed by atoms with Crippen LogP contribution in [-0.2, 0) is 4.74 Å². The van der Waals surface area contributed by atoms with E-state index in [2.05, 4.69) is 24.2 Å². The fourth-order valence-electron chi connectivity index (χ4n) is 1.85. The second-order valence-corrected chi connectivity index (χ2v) is 3.94. The largest absolute Gasteiger partial charge is 0.378 e. The van der Waals surface area contributed by atoms with Gasteiger partial charge in [-0.05, 0) is 33.9 Å².